The van der Waals surface area contributed by atoms with Crippen LogP contribution in [0.3, 0.4) is 0 Å². The third-order valence-electron chi connectivity index (χ3n) is 3.35. The van der Waals surface area contributed by atoms with Crippen LogP contribution in [0.4, 0.5) is 0 Å². The van der Waals surface area contributed by atoms with Gasteiger partial charge in [-0.3, -0.25) is 4.79 Å². The molecule has 1 heterocycles. The zero-order chi connectivity index (χ0) is 26.0. The number of nitrogens with two attached hydrogens (primary N) is 1. The summed E-state index contributed by atoms with van der Waals surface area (Å²) in [5.41, 5.74) is 2.96. The van der Waals surface area contributed by atoms with Crippen molar-refractivity contribution in [1.82, 2.24) is 0 Å². The van der Waals surface area contributed by atoms with Crippen molar-refractivity contribution in [3.63, 3.8) is 0 Å². The van der Waals surface area contributed by atoms with Gasteiger partial charge in [-0.25, -0.2) is 0 Å². The van der Waals surface area contributed by atoms with Gasteiger partial charge in [-0.1, -0.05) is 34.6 Å². The van der Waals surface area contributed by atoms with Gasteiger partial charge in [0.05, 0.1) is 29.6 Å². The second kappa shape index (κ2) is 20.0. The molecular weight excluding hydrogens is 580 g/mol. The lowest BCUT2D eigenvalue weighted by atomic mass is 10.2. The monoisotopic (exact) mass is 609 g/mol. The average molecular weight is 611 g/mol. The van der Waals surface area contributed by atoms with Crippen LogP contribution in [0.15, 0.2) is 45.9 Å². The van der Waals surface area contributed by atoms with E-state index in [4.69, 9.17) is 60.0 Å². The first-order valence-electron chi connectivity index (χ1n) is 9.89. The number of carbonyl (C=O) groups is 1. The van der Waals surface area contributed by atoms with Crippen molar-refractivity contribution in [3.8, 4) is 5.95 Å². The van der Waals surface area contributed by atoms with E-state index < -0.39 is 17.7 Å². The number of carboxylic acid groups (broad SMARTS) is 1. The van der Waals surface area contributed by atoms with Crippen LogP contribution in [0.1, 0.15) is 20.3 Å². The van der Waals surface area contributed by atoms with Crippen molar-refractivity contribution in [1.29, 1.82) is 0 Å². The number of benzene rings is 1. The number of hydrogen-bond donors (Lipinski definition) is 3. The molecule has 0 saturated carbocycles. The Kier molecular flexibility index (Phi) is 20.0. The Hall–Kier alpha value is -0.0700. The maximum atomic E-state index is 10.1. The summed E-state index contributed by atoms with van der Waals surface area (Å²) in [6, 6.07) is 7.82. The van der Waals surface area contributed by atoms with Crippen molar-refractivity contribution in [2.45, 2.75) is 31.2 Å². The zero-order valence-electron chi connectivity index (χ0n) is 19.0. The van der Waals surface area contributed by atoms with Crippen LogP contribution < -0.4 is 5.73 Å². The minimum Gasteiger partial charge on any atom is -0.481 e. The van der Waals surface area contributed by atoms with Crippen molar-refractivity contribution in [2.75, 3.05) is 30.3 Å². The highest BCUT2D eigenvalue weighted by Gasteiger charge is 2.19. The summed E-state index contributed by atoms with van der Waals surface area (Å²) in [6.07, 6.45) is 3.89. The molecule has 1 atom stereocenters. The van der Waals surface area contributed by atoms with E-state index in [2.05, 4.69) is 4.42 Å². The highest BCUT2D eigenvalue weighted by atomic mass is 35.5. The number of furan rings is 1. The summed E-state index contributed by atoms with van der Waals surface area (Å²) in [6.45, 7) is 4.96. The Morgan fingerprint density at radius 3 is 2.35 bits per heavy atom. The quantitative estimate of drug-likeness (QED) is 0.129. The Labute approximate surface area is 228 Å². The van der Waals surface area contributed by atoms with Gasteiger partial charge in [0, 0.05) is 16.0 Å². The van der Waals surface area contributed by atoms with Crippen molar-refractivity contribution < 1.29 is 28.5 Å². The maximum Gasteiger partial charge on any atom is 0.320 e. The van der Waals surface area contributed by atoms with Gasteiger partial charge in [0.2, 0.25) is 5.69 Å². The molecular formula is C20H30Cl2NO6PS4. The summed E-state index contributed by atoms with van der Waals surface area (Å²) in [7, 11) is 0. The van der Waals surface area contributed by atoms with Gasteiger partial charge in [-0.05, 0) is 68.3 Å². The first-order chi connectivity index (χ1) is 16.1. The normalized spacial score (nSPS) is 11.6. The first kappa shape index (κ1) is 33.9. The summed E-state index contributed by atoms with van der Waals surface area (Å²) >= 11 is 22.2. The van der Waals surface area contributed by atoms with E-state index in [1.54, 1.807) is 41.7 Å². The molecule has 0 saturated heterocycles. The number of aromatic hydroxyl groups is 1. The van der Waals surface area contributed by atoms with Crippen LogP contribution in [0.2, 0.25) is 10.0 Å². The van der Waals surface area contributed by atoms with Crippen molar-refractivity contribution >= 4 is 81.6 Å². The van der Waals surface area contributed by atoms with E-state index in [1.807, 2.05) is 26.2 Å². The van der Waals surface area contributed by atoms with Crippen LogP contribution in [-0.2, 0) is 25.6 Å². The van der Waals surface area contributed by atoms with Gasteiger partial charge in [0.25, 0.3) is 5.95 Å². The number of halogens is 2. The fraction of sp³-hybridized carbons (Fsp3) is 0.450. The molecule has 0 aliphatic rings. The largest absolute Gasteiger partial charge is 0.481 e. The third kappa shape index (κ3) is 16.6. The third-order valence-corrected chi connectivity index (χ3v) is 11.8. The van der Waals surface area contributed by atoms with E-state index in [9.17, 15) is 4.79 Å². The smallest absolute Gasteiger partial charge is 0.320 e. The summed E-state index contributed by atoms with van der Waals surface area (Å²) < 4.78 is 15.5. The number of hydrogen-bond acceptors (Lipinski definition) is 10. The number of carboxylic acids is 1. The van der Waals surface area contributed by atoms with E-state index >= 15 is 0 Å². The molecule has 0 aliphatic heterocycles. The number of thioether (sulfide) groups is 2. The lowest BCUT2D eigenvalue weighted by molar-refractivity contribution is -0.138. The Morgan fingerprint density at radius 1 is 1.26 bits per heavy atom. The standard InChI is InChI=1S/C11H15Cl2O2PS3.C5H11NO2S.C4H4O2/c1-3-14-16(17,15-4-2)19-8-18-11-7-9(12)5-6-10(11)13;1-9-3-2-4(6)5(7)8;5-4-2-1-3-6-4/h5-7H,3-4,8H2,1-2H3;4H,2-3,6H2,1H3,(H,7,8);1-3,5H/t;4-;/m.0./s1. The molecule has 2 rings (SSSR count). The minimum atomic E-state index is -2.23. The molecule has 0 radical (unpaired) electrons. The molecule has 2 aromatic rings. The SMILES string of the molecule is CCOP(=S)(OCC)SCSc1cc(Cl)ccc1Cl.CSCC[C@H](N)C(=O)O.Oc1ccco1. The molecule has 0 bridgehead atoms. The number of rotatable bonds is 12. The Balaban J connectivity index is 0.000000594. The van der Waals surface area contributed by atoms with Crippen LogP contribution in [0.25, 0.3) is 0 Å². The molecule has 194 valence electrons. The summed E-state index contributed by atoms with van der Waals surface area (Å²) in [5, 5.41) is 18.7. The predicted octanol–water partition coefficient (Wildman–Crippen LogP) is 7.21. The molecule has 34 heavy (non-hydrogen) atoms. The molecule has 0 fully saturated rings. The Morgan fingerprint density at radius 2 is 1.91 bits per heavy atom. The van der Waals surface area contributed by atoms with Crippen LogP contribution in [0, 0.1) is 0 Å². The number of aliphatic carboxylic acids is 1. The molecule has 1 aromatic heterocycles. The van der Waals surface area contributed by atoms with E-state index in [0.29, 0.717) is 29.7 Å². The topological polar surface area (TPSA) is 115 Å². The van der Waals surface area contributed by atoms with Crippen LogP contribution >= 0.6 is 63.8 Å². The molecule has 4 N–H and O–H groups in total. The average Bonchev–Trinajstić information content (AvgIpc) is 3.26. The maximum absolute atomic E-state index is 10.1. The fourth-order valence-electron chi connectivity index (χ4n) is 1.81. The molecule has 7 nitrogen and oxygen atoms in total. The highest BCUT2D eigenvalue weighted by molar-refractivity contribution is 8.69. The lowest BCUT2D eigenvalue weighted by Crippen LogP contribution is -2.30. The van der Waals surface area contributed by atoms with Gasteiger partial charge >= 0.3 is 5.97 Å². The second-order valence-corrected chi connectivity index (χ2v) is 15.4. The molecule has 14 heteroatoms. The molecule has 0 aliphatic carbocycles. The van der Waals surface area contributed by atoms with Crippen molar-refractivity contribution in [3.05, 3.63) is 46.6 Å². The van der Waals surface area contributed by atoms with Gasteiger partial charge in [-0.15, -0.1) is 11.8 Å². The van der Waals surface area contributed by atoms with E-state index in [0.717, 1.165) is 15.7 Å². The van der Waals surface area contributed by atoms with Gasteiger partial charge in [-0.2, -0.15) is 11.8 Å². The van der Waals surface area contributed by atoms with E-state index in [-0.39, 0.29) is 5.95 Å². The molecule has 0 amide bonds. The van der Waals surface area contributed by atoms with Crippen LogP contribution in [0.5, 0.6) is 5.95 Å². The van der Waals surface area contributed by atoms with Gasteiger partial charge in [0.15, 0.2) is 0 Å². The summed E-state index contributed by atoms with van der Waals surface area (Å²) in [4.78, 5) is 11.0. The van der Waals surface area contributed by atoms with Crippen LogP contribution in [-0.4, -0.2) is 52.5 Å². The highest BCUT2D eigenvalue weighted by Crippen LogP contribution is 2.62. The van der Waals surface area contributed by atoms with Gasteiger partial charge in [0.1, 0.15) is 6.04 Å². The molecule has 0 unspecified atom stereocenters. The lowest BCUT2D eigenvalue weighted by Gasteiger charge is -2.19. The molecule has 0 spiro atoms. The Bertz CT molecular complexity index is 854. The fourth-order valence-corrected chi connectivity index (χ4v) is 9.83. The second-order valence-electron chi connectivity index (χ2n) is 5.93. The first-order valence-corrected chi connectivity index (χ1v) is 17.3. The molecule has 1 aromatic carbocycles. The van der Waals surface area contributed by atoms with Crippen molar-refractivity contribution in [2.24, 2.45) is 5.73 Å². The van der Waals surface area contributed by atoms with Gasteiger partial charge < -0.3 is 29.4 Å². The predicted molar refractivity (Wildman–Crippen MR) is 151 cm³/mol. The summed E-state index contributed by atoms with van der Waals surface area (Å²) in [5.74, 6) is -0.132. The minimum absolute atomic E-state index is 0.0324. The zero-order valence-corrected chi connectivity index (χ0v) is 24.7. The van der Waals surface area contributed by atoms with E-state index in [1.165, 1.54) is 23.7 Å².